The standard InChI is InChI=1S/C12H15BrN2O4/c1-3-12(4-2,11(16)17)14-10-6-5-8(15(18)19)7-9(10)13/h5-7,14H,3-4H2,1-2H3,(H,16,17). The van der Waals surface area contributed by atoms with Gasteiger partial charge in [0.2, 0.25) is 0 Å². The molecule has 0 atom stereocenters. The zero-order chi connectivity index (χ0) is 14.6. The molecule has 1 aromatic carbocycles. The lowest BCUT2D eigenvalue weighted by Crippen LogP contribution is -2.45. The Morgan fingerprint density at radius 2 is 2.05 bits per heavy atom. The summed E-state index contributed by atoms with van der Waals surface area (Å²) in [6, 6.07) is 4.19. The van der Waals surface area contributed by atoms with Crippen molar-refractivity contribution in [1.82, 2.24) is 0 Å². The van der Waals surface area contributed by atoms with Gasteiger partial charge in [-0.1, -0.05) is 13.8 Å². The van der Waals surface area contributed by atoms with E-state index in [9.17, 15) is 20.0 Å². The lowest BCUT2D eigenvalue weighted by molar-refractivity contribution is -0.384. The third-order valence-corrected chi connectivity index (χ3v) is 3.81. The second-order valence-electron chi connectivity index (χ2n) is 4.14. The van der Waals surface area contributed by atoms with Gasteiger partial charge < -0.3 is 10.4 Å². The number of non-ortho nitro benzene ring substituents is 1. The predicted molar refractivity (Wildman–Crippen MR) is 75.4 cm³/mol. The van der Waals surface area contributed by atoms with E-state index in [1.54, 1.807) is 13.8 Å². The number of anilines is 1. The number of nitro groups is 1. The van der Waals surface area contributed by atoms with Crippen molar-refractivity contribution in [2.24, 2.45) is 0 Å². The van der Waals surface area contributed by atoms with Crippen LogP contribution in [0.3, 0.4) is 0 Å². The number of nitro benzene ring substituents is 1. The lowest BCUT2D eigenvalue weighted by atomic mass is 9.92. The molecule has 0 aliphatic carbocycles. The fourth-order valence-electron chi connectivity index (χ4n) is 1.76. The summed E-state index contributed by atoms with van der Waals surface area (Å²) in [5.74, 6) is -0.942. The van der Waals surface area contributed by atoms with Crippen LogP contribution < -0.4 is 5.32 Å². The Hall–Kier alpha value is -1.63. The van der Waals surface area contributed by atoms with E-state index >= 15 is 0 Å². The number of carbonyl (C=O) groups is 1. The van der Waals surface area contributed by atoms with Crippen LogP contribution in [0.1, 0.15) is 26.7 Å². The first kappa shape index (κ1) is 15.4. The van der Waals surface area contributed by atoms with Crippen molar-refractivity contribution in [2.45, 2.75) is 32.2 Å². The summed E-state index contributed by atoms with van der Waals surface area (Å²) in [5, 5.41) is 22.9. The van der Waals surface area contributed by atoms with Crippen molar-refractivity contribution in [1.29, 1.82) is 0 Å². The number of nitrogens with zero attached hydrogens (tertiary/aromatic N) is 1. The van der Waals surface area contributed by atoms with Crippen LogP contribution in [0.25, 0.3) is 0 Å². The number of carboxylic acids is 1. The highest BCUT2D eigenvalue weighted by molar-refractivity contribution is 9.10. The smallest absolute Gasteiger partial charge is 0.329 e. The molecule has 19 heavy (non-hydrogen) atoms. The monoisotopic (exact) mass is 330 g/mol. The molecule has 0 spiro atoms. The van der Waals surface area contributed by atoms with Gasteiger partial charge in [0.1, 0.15) is 5.54 Å². The average Bonchev–Trinajstić information content (AvgIpc) is 2.37. The second-order valence-corrected chi connectivity index (χ2v) is 4.99. The molecular weight excluding hydrogens is 316 g/mol. The minimum atomic E-state index is -1.07. The summed E-state index contributed by atoms with van der Waals surface area (Å²) in [6.07, 6.45) is 0.810. The van der Waals surface area contributed by atoms with Crippen molar-refractivity contribution in [3.05, 3.63) is 32.8 Å². The highest BCUT2D eigenvalue weighted by Gasteiger charge is 2.35. The molecule has 0 amide bonds. The number of hydrogen-bond acceptors (Lipinski definition) is 4. The average molecular weight is 331 g/mol. The molecule has 0 fully saturated rings. The Labute approximate surface area is 119 Å². The predicted octanol–water partition coefficient (Wildman–Crippen LogP) is 3.41. The molecule has 104 valence electrons. The van der Waals surface area contributed by atoms with Crippen molar-refractivity contribution in [3.63, 3.8) is 0 Å². The number of nitrogens with one attached hydrogen (secondary N) is 1. The molecule has 0 saturated heterocycles. The molecular formula is C12H15BrN2O4. The largest absolute Gasteiger partial charge is 0.480 e. The Kier molecular flexibility index (Phi) is 4.88. The summed E-state index contributed by atoms with van der Waals surface area (Å²) < 4.78 is 0.467. The summed E-state index contributed by atoms with van der Waals surface area (Å²) in [6.45, 7) is 3.56. The van der Waals surface area contributed by atoms with E-state index in [1.165, 1.54) is 18.2 Å². The van der Waals surface area contributed by atoms with Gasteiger partial charge in [-0.25, -0.2) is 4.79 Å². The zero-order valence-corrected chi connectivity index (χ0v) is 12.2. The van der Waals surface area contributed by atoms with Gasteiger partial charge in [0, 0.05) is 22.3 Å². The van der Waals surface area contributed by atoms with Gasteiger partial charge in [-0.2, -0.15) is 0 Å². The van der Waals surface area contributed by atoms with Crippen molar-refractivity contribution < 1.29 is 14.8 Å². The minimum absolute atomic E-state index is 0.0497. The molecule has 0 heterocycles. The summed E-state index contributed by atoms with van der Waals surface area (Å²) in [5.41, 5.74) is -0.596. The SMILES string of the molecule is CCC(CC)(Nc1ccc([N+](=O)[O-])cc1Br)C(=O)O. The maximum Gasteiger partial charge on any atom is 0.329 e. The number of benzene rings is 1. The molecule has 1 rings (SSSR count). The third-order valence-electron chi connectivity index (χ3n) is 3.15. The van der Waals surface area contributed by atoms with E-state index < -0.39 is 16.4 Å². The molecule has 1 aromatic rings. The van der Waals surface area contributed by atoms with Gasteiger partial charge in [0.25, 0.3) is 5.69 Å². The maximum atomic E-state index is 11.4. The van der Waals surface area contributed by atoms with E-state index in [4.69, 9.17) is 0 Å². The highest BCUT2D eigenvalue weighted by Crippen LogP contribution is 2.31. The first-order valence-electron chi connectivity index (χ1n) is 5.81. The Morgan fingerprint density at radius 1 is 1.47 bits per heavy atom. The minimum Gasteiger partial charge on any atom is -0.480 e. The van der Waals surface area contributed by atoms with E-state index in [2.05, 4.69) is 21.2 Å². The maximum absolute atomic E-state index is 11.4. The van der Waals surface area contributed by atoms with Crippen LogP contribution in [0, 0.1) is 10.1 Å². The fraction of sp³-hybridized carbons (Fsp3) is 0.417. The molecule has 0 bridgehead atoms. The van der Waals surface area contributed by atoms with Gasteiger partial charge in [-0.3, -0.25) is 10.1 Å². The van der Waals surface area contributed by atoms with E-state index in [0.717, 1.165) is 0 Å². The number of halogens is 1. The first-order valence-corrected chi connectivity index (χ1v) is 6.61. The Bertz CT molecular complexity index is 501. The second kappa shape index (κ2) is 6.01. The molecule has 0 radical (unpaired) electrons. The van der Waals surface area contributed by atoms with E-state index in [-0.39, 0.29) is 5.69 Å². The van der Waals surface area contributed by atoms with Gasteiger partial charge in [0.05, 0.1) is 4.92 Å². The molecule has 2 N–H and O–H groups in total. The topological polar surface area (TPSA) is 92.5 Å². The van der Waals surface area contributed by atoms with Crippen LogP contribution in [-0.2, 0) is 4.79 Å². The molecule has 0 saturated carbocycles. The van der Waals surface area contributed by atoms with E-state index in [0.29, 0.717) is 23.0 Å². The summed E-state index contributed by atoms with van der Waals surface area (Å²) >= 11 is 3.22. The first-order chi connectivity index (χ1) is 8.86. The number of rotatable bonds is 6. The quantitative estimate of drug-likeness (QED) is 0.615. The van der Waals surface area contributed by atoms with Gasteiger partial charge in [0.15, 0.2) is 0 Å². The number of carboxylic acid groups (broad SMARTS) is 1. The lowest BCUT2D eigenvalue weighted by Gasteiger charge is -2.29. The van der Waals surface area contributed by atoms with Gasteiger partial charge in [-0.15, -0.1) is 0 Å². The normalized spacial score (nSPS) is 11.1. The van der Waals surface area contributed by atoms with Gasteiger partial charge >= 0.3 is 5.97 Å². The molecule has 0 aliphatic heterocycles. The third kappa shape index (κ3) is 3.23. The molecule has 0 aliphatic rings. The Morgan fingerprint density at radius 3 is 2.42 bits per heavy atom. The number of aliphatic carboxylic acids is 1. The van der Waals surface area contributed by atoms with Crippen LogP contribution >= 0.6 is 15.9 Å². The van der Waals surface area contributed by atoms with Crippen molar-refractivity contribution in [2.75, 3.05) is 5.32 Å². The Balaban J connectivity index is 3.11. The van der Waals surface area contributed by atoms with Crippen LogP contribution in [-0.4, -0.2) is 21.5 Å². The van der Waals surface area contributed by atoms with Crippen molar-refractivity contribution >= 4 is 33.3 Å². The summed E-state index contributed by atoms with van der Waals surface area (Å²) in [4.78, 5) is 21.5. The molecule has 0 aromatic heterocycles. The molecule has 0 unspecified atom stereocenters. The number of hydrogen-bond donors (Lipinski definition) is 2. The zero-order valence-electron chi connectivity index (χ0n) is 10.6. The van der Waals surface area contributed by atoms with Gasteiger partial charge in [-0.05, 0) is 34.8 Å². The molecule has 6 nitrogen and oxygen atoms in total. The summed E-state index contributed by atoms with van der Waals surface area (Å²) in [7, 11) is 0. The van der Waals surface area contributed by atoms with Crippen LogP contribution in [0.4, 0.5) is 11.4 Å². The fourth-order valence-corrected chi connectivity index (χ4v) is 2.23. The molecule has 7 heteroatoms. The van der Waals surface area contributed by atoms with Crippen LogP contribution in [0.5, 0.6) is 0 Å². The van der Waals surface area contributed by atoms with Crippen LogP contribution in [0.2, 0.25) is 0 Å². The van der Waals surface area contributed by atoms with Crippen molar-refractivity contribution in [3.8, 4) is 0 Å². The van der Waals surface area contributed by atoms with Crippen LogP contribution in [0.15, 0.2) is 22.7 Å². The van der Waals surface area contributed by atoms with E-state index in [1.807, 2.05) is 0 Å². The highest BCUT2D eigenvalue weighted by atomic mass is 79.9.